The van der Waals surface area contributed by atoms with Crippen LogP contribution < -0.4 is 5.73 Å². The van der Waals surface area contributed by atoms with Crippen LogP contribution in [0.15, 0.2) is 29.5 Å². The first-order valence-corrected chi connectivity index (χ1v) is 5.99. The van der Waals surface area contributed by atoms with Gasteiger partial charge < -0.3 is 10.6 Å². The van der Waals surface area contributed by atoms with E-state index in [1.807, 2.05) is 36.5 Å². The van der Waals surface area contributed by atoms with E-state index in [0.717, 1.165) is 19.5 Å². The number of nitrogens with two attached hydrogens (primary N) is 1. The summed E-state index contributed by atoms with van der Waals surface area (Å²) in [5.74, 6) is 1.16. The van der Waals surface area contributed by atoms with Crippen LogP contribution in [0.5, 0.6) is 0 Å². The van der Waals surface area contributed by atoms with Gasteiger partial charge in [-0.1, -0.05) is 13.8 Å². The van der Waals surface area contributed by atoms with Gasteiger partial charge in [-0.3, -0.25) is 9.98 Å². The second-order valence-corrected chi connectivity index (χ2v) is 4.62. The highest BCUT2D eigenvalue weighted by atomic mass is 15.2. The fourth-order valence-corrected chi connectivity index (χ4v) is 1.36. The zero-order valence-corrected chi connectivity index (χ0v) is 10.9. The van der Waals surface area contributed by atoms with Crippen LogP contribution in [0.2, 0.25) is 0 Å². The van der Waals surface area contributed by atoms with Gasteiger partial charge in [-0.2, -0.15) is 0 Å². The highest BCUT2D eigenvalue weighted by molar-refractivity contribution is 5.77. The fraction of sp³-hybridized carbons (Fsp3) is 0.538. The van der Waals surface area contributed by atoms with E-state index in [9.17, 15) is 0 Å². The molecular weight excluding hydrogens is 212 g/mol. The van der Waals surface area contributed by atoms with Gasteiger partial charge in [-0.15, -0.1) is 0 Å². The van der Waals surface area contributed by atoms with Crippen molar-refractivity contribution in [2.75, 3.05) is 20.1 Å². The largest absolute Gasteiger partial charge is 0.370 e. The summed E-state index contributed by atoms with van der Waals surface area (Å²) < 4.78 is 0. The summed E-state index contributed by atoms with van der Waals surface area (Å²) in [6, 6.07) is 4.05. The van der Waals surface area contributed by atoms with Crippen LogP contribution >= 0.6 is 0 Å². The summed E-state index contributed by atoms with van der Waals surface area (Å²) in [5, 5.41) is 0. The standard InChI is InChI=1S/C13H22N4/c1-11(2)10-16-13(14)17(3)9-6-12-4-7-15-8-5-12/h4-5,7-8,11H,6,9-10H2,1-3H3,(H2,14,16). The predicted octanol–water partition coefficient (Wildman–Crippen LogP) is 1.53. The van der Waals surface area contributed by atoms with Gasteiger partial charge in [0.15, 0.2) is 5.96 Å². The molecule has 0 fully saturated rings. The highest BCUT2D eigenvalue weighted by Crippen LogP contribution is 1.99. The molecule has 0 radical (unpaired) electrons. The highest BCUT2D eigenvalue weighted by Gasteiger charge is 2.02. The Hall–Kier alpha value is -1.58. The maximum Gasteiger partial charge on any atom is 0.191 e. The van der Waals surface area contributed by atoms with Gasteiger partial charge in [-0.25, -0.2) is 0 Å². The minimum atomic E-state index is 0.544. The molecule has 0 saturated carbocycles. The molecule has 0 unspecified atom stereocenters. The Bertz CT molecular complexity index is 346. The monoisotopic (exact) mass is 234 g/mol. The molecule has 0 aliphatic carbocycles. The summed E-state index contributed by atoms with van der Waals surface area (Å²) in [5.41, 5.74) is 7.16. The van der Waals surface area contributed by atoms with Crippen molar-refractivity contribution in [2.24, 2.45) is 16.6 Å². The fourth-order valence-electron chi connectivity index (χ4n) is 1.36. The minimum absolute atomic E-state index is 0.544. The molecule has 4 heteroatoms. The van der Waals surface area contributed by atoms with Gasteiger partial charge in [0.05, 0.1) is 0 Å². The van der Waals surface area contributed by atoms with Crippen molar-refractivity contribution in [3.05, 3.63) is 30.1 Å². The molecule has 0 atom stereocenters. The molecule has 1 rings (SSSR count). The normalized spacial score (nSPS) is 11.9. The van der Waals surface area contributed by atoms with Crippen LogP contribution in [-0.4, -0.2) is 36.0 Å². The smallest absolute Gasteiger partial charge is 0.191 e. The topological polar surface area (TPSA) is 54.5 Å². The number of pyridine rings is 1. The maximum absolute atomic E-state index is 5.89. The summed E-state index contributed by atoms with van der Waals surface area (Å²) >= 11 is 0. The van der Waals surface area contributed by atoms with Crippen LogP contribution in [0.25, 0.3) is 0 Å². The first-order chi connectivity index (χ1) is 8.09. The molecule has 1 aromatic rings. The number of guanidine groups is 1. The van der Waals surface area contributed by atoms with Gasteiger partial charge in [0.2, 0.25) is 0 Å². The molecule has 1 aromatic heterocycles. The molecule has 2 N–H and O–H groups in total. The zero-order valence-electron chi connectivity index (χ0n) is 10.9. The maximum atomic E-state index is 5.89. The Morgan fingerprint density at radius 2 is 2.06 bits per heavy atom. The van der Waals surface area contributed by atoms with Gasteiger partial charge in [0.25, 0.3) is 0 Å². The van der Waals surface area contributed by atoms with E-state index in [1.54, 1.807) is 0 Å². The third-order valence-corrected chi connectivity index (χ3v) is 2.49. The predicted molar refractivity (Wildman–Crippen MR) is 71.9 cm³/mol. The summed E-state index contributed by atoms with van der Waals surface area (Å²) in [6.07, 6.45) is 4.58. The molecule has 0 aliphatic heterocycles. The van der Waals surface area contributed by atoms with Gasteiger partial charge >= 0.3 is 0 Å². The number of aromatic nitrogens is 1. The number of nitrogens with zero attached hydrogens (tertiary/aromatic N) is 3. The molecule has 0 aromatic carbocycles. The second-order valence-electron chi connectivity index (χ2n) is 4.62. The van der Waals surface area contributed by atoms with Crippen molar-refractivity contribution in [1.29, 1.82) is 0 Å². The van der Waals surface area contributed by atoms with Crippen LogP contribution in [0.1, 0.15) is 19.4 Å². The van der Waals surface area contributed by atoms with E-state index in [2.05, 4.69) is 23.8 Å². The van der Waals surface area contributed by atoms with Gasteiger partial charge in [0.1, 0.15) is 0 Å². The molecule has 0 amide bonds. The third-order valence-electron chi connectivity index (χ3n) is 2.49. The van der Waals surface area contributed by atoms with Crippen LogP contribution in [0.4, 0.5) is 0 Å². The van der Waals surface area contributed by atoms with Crippen LogP contribution in [0, 0.1) is 5.92 Å². The summed E-state index contributed by atoms with van der Waals surface area (Å²) in [6.45, 7) is 5.92. The van der Waals surface area contributed by atoms with Crippen molar-refractivity contribution in [2.45, 2.75) is 20.3 Å². The average Bonchev–Trinajstić information content (AvgIpc) is 2.34. The molecule has 0 spiro atoms. The first kappa shape index (κ1) is 13.5. The average molecular weight is 234 g/mol. The Kier molecular flexibility index (Phi) is 5.46. The number of aliphatic imine (C=N–C) groups is 1. The Labute approximate surface area is 104 Å². The van der Waals surface area contributed by atoms with Crippen molar-refractivity contribution in [3.8, 4) is 0 Å². The third kappa shape index (κ3) is 5.33. The zero-order chi connectivity index (χ0) is 12.7. The second kappa shape index (κ2) is 6.89. The molecule has 1 heterocycles. The van der Waals surface area contributed by atoms with Crippen molar-refractivity contribution < 1.29 is 0 Å². The van der Waals surface area contributed by atoms with Crippen molar-refractivity contribution in [3.63, 3.8) is 0 Å². The van der Waals surface area contributed by atoms with Crippen molar-refractivity contribution in [1.82, 2.24) is 9.88 Å². The van der Waals surface area contributed by atoms with E-state index in [4.69, 9.17) is 5.73 Å². The quantitative estimate of drug-likeness (QED) is 0.621. The number of hydrogen-bond donors (Lipinski definition) is 1. The van der Waals surface area contributed by atoms with Gasteiger partial charge in [-0.05, 0) is 30.0 Å². The molecular formula is C13H22N4. The molecule has 0 aliphatic rings. The lowest BCUT2D eigenvalue weighted by Gasteiger charge is -2.18. The van der Waals surface area contributed by atoms with E-state index >= 15 is 0 Å². The molecule has 0 bridgehead atoms. The summed E-state index contributed by atoms with van der Waals surface area (Å²) in [7, 11) is 1.97. The first-order valence-electron chi connectivity index (χ1n) is 5.99. The minimum Gasteiger partial charge on any atom is -0.370 e. The van der Waals surface area contributed by atoms with Crippen LogP contribution in [-0.2, 0) is 6.42 Å². The SMILES string of the molecule is CC(C)CN=C(N)N(C)CCc1ccncc1. The molecule has 94 valence electrons. The summed E-state index contributed by atoms with van der Waals surface area (Å²) in [4.78, 5) is 10.3. The number of likely N-dealkylation sites (N-methyl/N-ethyl adjacent to an activating group) is 1. The van der Waals surface area contributed by atoms with Crippen molar-refractivity contribution >= 4 is 5.96 Å². The Morgan fingerprint density at radius 3 is 2.65 bits per heavy atom. The molecule has 17 heavy (non-hydrogen) atoms. The van der Waals surface area contributed by atoms with E-state index < -0.39 is 0 Å². The van der Waals surface area contributed by atoms with Gasteiger partial charge in [0, 0.05) is 32.5 Å². The van der Waals surface area contributed by atoms with E-state index in [0.29, 0.717) is 11.9 Å². The van der Waals surface area contributed by atoms with Crippen LogP contribution in [0.3, 0.4) is 0 Å². The molecule has 0 saturated heterocycles. The molecule has 4 nitrogen and oxygen atoms in total. The Morgan fingerprint density at radius 1 is 1.41 bits per heavy atom. The lowest BCUT2D eigenvalue weighted by molar-refractivity contribution is 0.496. The van der Waals surface area contributed by atoms with E-state index in [1.165, 1.54) is 5.56 Å². The number of rotatable bonds is 5. The number of hydrogen-bond acceptors (Lipinski definition) is 2. The van der Waals surface area contributed by atoms with E-state index in [-0.39, 0.29) is 0 Å². The lowest BCUT2D eigenvalue weighted by Crippen LogP contribution is -2.35. The Balaban J connectivity index is 2.39. The lowest BCUT2D eigenvalue weighted by atomic mass is 10.2.